The average molecular weight is 388 g/mol. The lowest BCUT2D eigenvalue weighted by Crippen LogP contribution is -2.09. The Bertz CT molecular complexity index is 1020. The van der Waals surface area contributed by atoms with Crippen LogP contribution in [0.1, 0.15) is 0 Å². The topological polar surface area (TPSA) is 84.2 Å². The maximum absolute atomic E-state index is 13.0. The predicted octanol–water partition coefficient (Wildman–Crippen LogP) is 4.11. The molecule has 0 atom stereocenters. The first-order valence-corrected chi connectivity index (χ1v) is 8.91. The molecule has 1 heterocycles. The Morgan fingerprint density at radius 2 is 1.70 bits per heavy atom. The SMILES string of the molecule is COc1ccc(-c2oc3cc(OCP=O)cc(OC)c3c(=O)c2OC)cc1. The monoisotopic (exact) mass is 388 g/mol. The van der Waals surface area contributed by atoms with E-state index in [0.29, 0.717) is 17.1 Å². The van der Waals surface area contributed by atoms with Crippen LogP contribution in [0.3, 0.4) is 0 Å². The number of benzene rings is 2. The van der Waals surface area contributed by atoms with Crippen LogP contribution in [-0.2, 0) is 4.57 Å². The van der Waals surface area contributed by atoms with Gasteiger partial charge >= 0.3 is 0 Å². The highest BCUT2D eigenvalue weighted by molar-refractivity contribution is 7.23. The van der Waals surface area contributed by atoms with E-state index in [4.69, 9.17) is 23.4 Å². The Morgan fingerprint density at radius 3 is 2.30 bits per heavy atom. The molecule has 8 heteroatoms. The van der Waals surface area contributed by atoms with E-state index in [1.807, 2.05) is 0 Å². The van der Waals surface area contributed by atoms with Crippen molar-refractivity contribution in [2.45, 2.75) is 0 Å². The van der Waals surface area contributed by atoms with Gasteiger partial charge in [0, 0.05) is 17.7 Å². The lowest BCUT2D eigenvalue weighted by atomic mass is 10.1. The molecule has 0 saturated heterocycles. The van der Waals surface area contributed by atoms with Crippen LogP contribution in [0.25, 0.3) is 22.3 Å². The van der Waals surface area contributed by atoms with Crippen LogP contribution in [0.2, 0.25) is 0 Å². The Hall–Kier alpha value is -3.05. The summed E-state index contributed by atoms with van der Waals surface area (Å²) < 4.78 is 37.8. The molecule has 3 aromatic rings. The molecule has 3 rings (SSSR count). The quantitative estimate of drug-likeness (QED) is 0.563. The van der Waals surface area contributed by atoms with E-state index in [0.717, 1.165) is 0 Å². The van der Waals surface area contributed by atoms with Crippen LogP contribution in [0.15, 0.2) is 45.6 Å². The molecule has 0 N–H and O–H groups in total. The lowest BCUT2D eigenvalue weighted by molar-refractivity contribution is 0.374. The molecule has 0 saturated carbocycles. The minimum absolute atomic E-state index is 0.0274. The lowest BCUT2D eigenvalue weighted by Gasteiger charge is -2.13. The third-order valence-electron chi connectivity index (χ3n) is 3.95. The van der Waals surface area contributed by atoms with E-state index < -0.39 is 0 Å². The summed E-state index contributed by atoms with van der Waals surface area (Å²) in [4.78, 5) is 13.0. The summed E-state index contributed by atoms with van der Waals surface area (Å²) in [7, 11) is 4.25. The second-order valence-electron chi connectivity index (χ2n) is 5.42. The molecule has 0 aliphatic heterocycles. The van der Waals surface area contributed by atoms with Crippen molar-refractivity contribution in [3.05, 3.63) is 46.6 Å². The molecule has 0 aliphatic rings. The molecular formula is C19H17O7P. The average Bonchev–Trinajstić information content (AvgIpc) is 2.71. The van der Waals surface area contributed by atoms with Crippen LogP contribution in [-0.4, -0.2) is 27.7 Å². The van der Waals surface area contributed by atoms with Gasteiger partial charge in [0.05, 0.1) is 21.3 Å². The second kappa shape index (κ2) is 8.10. The van der Waals surface area contributed by atoms with Gasteiger partial charge in [-0.3, -0.25) is 9.36 Å². The van der Waals surface area contributed by atoms with Crippen molar-refractivity contribution < 1.29 is 27.9 Å². The van der Waals surface area contributed by atoms with Gasteiger partial charge in [-0.15, -0.1) is 0 Å². The zero-order chi connectivity index (χ0) is 19.4. The fourth-order valence-electron chi connectivity index (χ4n) is 2.71. The van der Waals surface area contributed by atoms with Gasteiger partial charge in [0.25, 0.3) is 0 Å². The molecule has 1 aromatic heterocycles. The van der Waals surface area contributed by atoms with E-state index in [-0.39, 0.29) is 48.5 Å². The molecule has 2 aromatic carbocycles. The third-order valence-corrected chi connectivity index (χ3v) is 4.19. The van der Waals surface area contributed by atoms with E-state index in [2.05, 4.69) is 0 Å². The van der Waals surface area contributed by atoms with Crippen molar-refractivity contribution in [1.29, 1.82) is 0 Å². The number of ether oxygens (including phenoxy) is 4. The van der Waals surface area contributed by atoms with Gasteiger partial charge in [0.2, 0.25) is 11.2 Å². The molecule has 7 nitrogen and oxygen atoms in total. The van der Waals surface area contributed by atoms with Crippen LogP contribution in [0, 0.1) is 0 Å². The Kier molecular flexibility index (Phi) is 5.62. The third kappa shape index (κ3) is 3.59. The number of rotatable bonds is 7. The van der Waals surface area contributed by atoms with Crippen molar-refractivity contribution in [3.8, 4) is 34.3 Å². The first-order chi connectivity index (χ1) is 13.1. The summed E-state index contributed by atoms with van der Waals surface area (Å²) in [5, 5.41) is 0.235. The number of methoxy groups -OCH3 is 3. The Balaban J connectivity index is 2.27. The maximum atomic E-state index is 13.0. The van der Waals surface area contributed by atoms with Crippen molar-refractivity contribution in [2.24, 2.45) is 0 Å². The molecule has 0 radical (unpaired) electrons. The first-order valence-electron chi connectivity index (χ1n) is 7.92. The smallest absolute Gasteiger partial charge is 0.239 e. The fraction of sp³-hybridized carbons (Fsp3) is 0.211. The predicted molar refractivity (Wildman–Crippen MR) is 101 cm³/mol. The van der Waals surface area contributed by atoms with E-state index >= 15 is 0 Å². The molecule has 0 spiro atoms. The largest absolute Gasteiger partial charge is 0.497 e. The highest BCUT2D eigenvalue weighted by atomic mass is 31.1. The molecule has 0 bridgehead atoms. The van der Waals surface area contributed by atoms with Gasteiger partial charge in [0.1, 0.15) is 28.2 Å². The van der Waals surface area contributed by atoms with Gasteiger partial charge in [-0.25, -0.2) is 0 Å². The van der Waals surface area contributed by atoms with Gasteiger partial charge < -0.3 is 23.4 Å². The fourth-order valence-corrected chi connectivity index (χ4v) is 2.91. The molecule has 0 aliphatic carbocycles. The van der Waals surface area contributed by atoms with Crippen LogP contribution < -0.4 is 24.4 Å². The molecule has 0 fully saturated rings. The second-order valence-corrected chi connectivity index (χ2v) is 5.94. The molecule has 0 amide bonds. The number of hydrogen-bond donors (Lipinski definition) is 0. The zero-order valence-corrected chi connectivity index (χ0v) is 15.9. The molecule has 140 valence electrons. The number of fused-ring (bicyclic) bond motifs is 1. The minimum atomic E-state index is -0.366. The summed E-state index contributed by atoms with van der Waals surface area (Å²) in [5.41, 5.74) is 0.550. The van der Waals surface area contributed by atoms with E-state index in [1.54, 1.807) is 37.4 Å². The summed E-state index contributed by atoms with van der Waals surface area (Å²) in [6, 6.07) is 10.1. The van der Waals surface area contributed by atoms with Crippen LogP contribution in [0.4, 0.5) is 0 Å². The van der Waals surface area contributed by atoms with Gasteiger partial charge in [-0.1, -0.05) is 0 Å². The van der Waals surface area contributed by atoms with Crippen LogP contribution in [0.5, 0.6) is 23.0 Å². The Labute approximate surface area is 156 Å². The summed E-state index contributed by atoms with van der Waals surface area (Å²) >= 11 is 0. The normalized spacial score (nSPS) is 10.8. The summed E-state index contributed by atoms with van der Waals surface area (Å²) in [6.07, 6.45) is -0.0274. The standard InChI is InChI=1S/C19H17O7P/c1-22-12-6-4-11(5-7-12)18-19(24-3)17(20)16-14(23-2)8-13(25-10-27-21)9-15(16)26-18/h4-9H,10H2,1-3H3. The Morgan fingerprint density at radius 1 is 0.963 bits per heavy atom. The first kappa shape index (κ1) is 18.7. The van der Waals surface area contributed by atoms with Gasteiger partial charge in [0.15, 0.2) is 20.6 Å². The van der Waals surface area contributed by atoms with Crippen LogP contribution >= 0.6 is 8.46 Å². The zero-order valence-electron chi connectivity index (χ0n) is 15.0. The highest BCUT2D eigenvalue weighted by Gasteiger charge is 2.21. The maximum Gasteiger partial charge on any atom is 0.239 e. The van der Waals surface area contributed by atoms with E-state index in [1.165, 1.54) is 20.3 Å². The minimum Gasteiger partial charge on any atom is -0.497 e. The van der Waals surface area contributed by atoms with Crippen molar-refractivity contribution >= 4 is 19.4 Å². The van der Waals surface area contributed by atoms with Crippen molar-refractivity contribution in [3.63, 3.8) is 0 Å². The van der Waals surface area contributed by atoms with Crippen molar-refractivity contribution in [2.75, 3.05) is 27.7 Å². The van der Waals surface area contributed by atoms with Gasteiger partial charge in [-0.2, -0.15) is 0 Å². The number of hydrogen-bond acceptors (Lipinski definition) is 7. The molecule has 0 unspecified atom stereocenters. The van der Waals surface area contributed by atoms with Crippen molar-refractivity contribution in [1.82, 2.24) is 0 Å². The molecular weight excluding hydrogens is 371 g/mol. The molecule has 27 heavy (non-hydrogen) atoms. The van der Waals surface area contributed by atoms with E-state index in [9.17, 15) is 9.36 Å². The summed E-state index contributed by atoms with van der Waals surface area (Å²) in [6.45, 7) is 0. The summed E-state index contributed by atoms with van der Waals surface area (Å²) in [5.74, 6) is 1.67. The van der Waals surface area contributed by atoms with Gasteiger partial charge in [-0.05, 0) is 24.3 Å². The highest BCUT2D eigenvalue weighted by Crippen LogP contribution is 2.36.